The van der Waals surface area contributed by atoms with Crippen LogP contribution in [0.1, 0.15) is 25.7 Å². The van der Waals surface area contributed by atoms with Gasteiger partial charge in [0.1, 0.15) is 0 Å². The molecule has 0 unspecified atom stereocenters. The molecule has 2 fully saturated rings. The van der Waals surface area contributed by atoms with E-state index in [1.54, 1.807) is 10.7 Å². The first-order chi connectivity index (χ1) is 9.93. The van der Waals surface area contributed by atoms with Gasteiger partial charge in [0, 0.05) is 0 Å². The van der Waals surface area contributed by atoms with Gasteiger partial charge in [-0.2, -0.15) is 0 Å². The average molecular weight is 300 g/mol. The van der Waals surface area contributed by atoms with E-state index in [1.807, 2.05) is 5.30 Å². The van der Waals surface area contributed by atoms with Crippen LogP contribution in [0.5, 0.6) is 0 Å². The molecule has 0 radical (unpaired) electrons. The third-order valence-corrected chi connectivity index (χ3v) is 10.5. The van der Waals surface area contributed by atoms with Crippen LogP contribution >= 0.6 is 15.8 Å². The van der Waals surface area contributed by atoms with E-state index >= 15 is 0 Å². The maximum absolute atomic E-state index is 2.51. The fourth-order valence-electron chi connectivity index (χ4n) is 3.73. The third-order valence-electron chi connectivity index (χ3n) is 4.75. The van der Waals surface area contributed by atoms with E-state index in [4.69, 9.17) is 0 Å². The smallest absolute Gasteiger partial charge is 0.00857 e. The lowest BCUT2D eigenvalue weighted by molar-refractivity contribution is 0.949. The molecule has 2 aliphatic heterocycles. The molecule has 0 N–H and O–H groups in total. The molecule has 0 aromatic heterocycles. The van der Waals surface area contributed by atoms with E-state index in [9.17, 15) is 0 Å². The molecule has 0 saturated carbocycles. The molecule has 20 heavy (non-hydrogen) atoms. The summed E-state index contributed by atoms with van der Waals surface area (Å²) in [5.41, 5.74) is 0. The van der Waals surface area contributed by atoms with Gasteiger partial charge in [-0.3, -0.25) is 0 Å². The van der Waals surface area contributed by atoms with Gasteiger partial charge in [0.05, 0.1) is 0 Å². The topological polar surface area (TPSA) is 0 Å². The van der Waals surface area contributed by atoms with E-state index in [1.165, 1.54) is 55.7 Å². The van der Waals surface area contributed by atoms with Crippen molar-refractivity contribution in [2.45, 2.75) is 25.7 Å². The van der Waals surface area contributed by atoms with Gasteiger partial charge in [0.15, 0.2) is 0 Å². The molecule has 0 aliphatic carbocycles. The van der Waals surface area contributed by atoms with Crippen LogP contribution in [-0.2, 0) is 0 Å². The average Bonchev–Trinajstić information content (AvgIpc) is 3.19. The van der Waals surface area contributed by atoms with E-state index in [2.05, 4.69) is 36.4 Å². The summed E-state index contributed by atoms with van der Waals surface area (Å²) in [5, 5.41) is 6.68. The zero-order valence-corrected chi connectivity index (χ0v) is 13.8. The molecule has 104 valence electrons. The molecule has 0 nitrogen and oxygen atoms in total. The minimum atomic E-state index is 0.139. The van der Waals surface area contributed by atoms with Gasteiger partial charge in [-0.15, -0.1) is 0 Å². The summed E-state index contributed by atoms with van der Waals surface area (Å²) in [6, 6.07) is 14.0. The summed E-state index contributed by atoms with van der Waals surface area (Å²) >= 11 is 0. The Morgan fingerprint density at radius 3 is 2.05 bits per heavy atom. The second-order valence-electron chi connectivity index (χ2n) is 6.04. The second kappa shape index (κ2) is 5.75. The Balaban J connectivity index is 1.90. The summed E-state index contributed by atoms with van der Waals surface area (Å²) in [6.07, 6.45) is 11.8. The molecule has 2 heteroatoms. The maximum Gasteiger partial charge on any atom is -0.00857 e. The minimum Gasteiger partial charge on any atom is -0.0746 e. The Morgan fingerprint density at radius 2 is 1.30 bits per heavy atom. The predicted molar refractivity (Wildman–Crippen MR) is 95.0 cm³/mol. The van der Waals surface area contributed by atoms with Crippen LogP contribution in [0.25, 0.3) is 10.8 Å². The summed E-state index contributed by atoms with van der Waals surface area (Å²) in [4.78, 5) is 0. The van der Waals surface area contributed by atoms with E-state index in [0.717, 1.165) is 0 Å². The maximum atomic E-state index is 2.51. The molecule has 2 heterocycles. The lowest BCUT2D eigenvalue weighted by atomic mass is 10.1. The molecule has 4 rings (SSSR count). The first-order valence-electron chi connectivity index (χ1n) is 7.95. The Labute approximate surface area is 124 Å². The number of fused-ring (bicyclic) bond motifs is 1. The molecule has 2 aliphatic rings. The van der Waals surface area contributed by atoms with Crippen LogP contribution in [0.2, 0.25) is 0 Å². The Hall–Kier alpha value is -0.440. The van der Waals surface area contributed by atoms with Gasteiger partial charge >= 0.3 is 0 Å². The summed E-state index contributed by atoms with van der Waals surface area (Å²) in [5.74, 6) is 0. The Bertz CT molecular complexity index is 608. The monoisotopic (exact) mass is 300 g/mol. The quantitative estimate of drug-likeness (QED) is 0.709. The number of hydrogen-bond donors (Lipinski definition) is 0. The van der Waals surface area contributed by atoms with Crippen molar-refractivity contribution in [2.75, 3.05) is 24.6 Å². The summed E-state index contributed by atoms with van der Waals surface area (Å²) in [7, 11) is 0.305. The first-order valence-corrected chi connectivity index (χ1v) is 11.4. The van der Waals surface area contributed by atoms with Crippen molar-refractivity contribution in [3.8, 4) is 0 Å². The van der Waals surface area contributed by atoms with Crippen molar-refractivity contribution in [3.05, 3.63) is 36.4 Å². The highest BCUT2D eigenvalue weighted by atomic mass is 31.1. The molecular formula is C18H22P2. The molecule has 0 bridgehead atoms. The largest absolute Gasteiger partial charge is 0.0746 e. The normalized spacial score (nSPS) is 21.0. The molecule has 0 amide bonds. The fraction of sp³-hybridized carbons (Fsp3) is 0.444. The second-order valence-corrected chi connectivity index (χ2v) is 10.9. The minimum absolute atomic E-state index is 0.139. The molecule has 0 spiro atoms. The van der Waals surface area contributed by atoms with Gasteiger partial charge in [-0.05, 0) is 71.7 Å². The van der Waals surface area contributed by atoms with Crippen molar-refractivity contribution < 1.29 is 0 Å². The number of rotatable bonds is 2. The van der Waals surface area contributed by atoms with E-state index in [-0.39, 0.29) is 15.8 Å². The van der Waals surface area contributed by atoms with Gasteiger partial charge in [-0.25, -0.2) is 0 Å². The van der Waals surface area contributed by atoms with Crippen LogP contribution in [0, 0.1) is 0 Å². The molecule has 2 aromatic carbocycles. The van der Waals surface area contributed by atoms with Crippen LogP contribution in [0.4, 0.5) is 0 Å². The van der Waals surface area contributed by atoms with Crippen LogP contribution in [0.3, 0.4) is 0 Å². The molecular weight excluding hydrogens is 278 g/mol. The Kier molecular flexibility index (Phi) is 3.80. The summed E-state index contributed by atoms with van der Waals surface area (Å²) < 4.78 is 0. The van der Waals surface area contributed by atoms with Crippen LogP contribution in [-0.4, -0.2) is 24.6 Å². The van der Waals surface area contributed by atoms with Crippen molar-refractivity contribution in [1.82, 2.24) is 0 Å². The van der Waals surface area contributed by atoms with Crippen LogP contribution in [0.15, 0.2) is 36.4 Å². The standard InChI is InChI=1S/C18H22P2/c1-2-8-16-15(7-1)9-10-17(19-11-3-4-12-19)18(16)20-13-5-6-14-20/h1-2,7-10H,3-6,11-14H2. The third kappa shape index (κ3) is 2.32. The lowest BCUT2D eigenvalue weighted by Crippen LogP contribution is -2.24. The van der Waals surface area contributed by atoms with Crippen molar-refractivity contribution in [3.63, 3.8) is 0 Å². The SMILES string of the molecule is c1ccc2c(P3CCCC3)c(P3CCCC3)ccc2c1. The van der Waals surface area contributed by atoms with Crippen molar-refractivity contribution >= 4 is 37.2 Å². The molecule has 2 aromatic rings. The van der Waals surface area contributed by atoms with Crippen molar-refractivity contribution in [2.24, 2.45) is 0 Å². The van der Waals surface area contributed by atoms with Crippen LogP contribution < -0.4 is 10.6 Å². The van der Waals surface area contributed by atoms with Gasteiger partial charge in [-0.1, -0.05) is 52.2 Å². The lowest BCUT2D eigenvalue weighted by Gasteiger charge is -2.22. The first kappa shape index (κ1) is 13.2. The highest BCUT2D eigenvalue weighted by molar-refractivity contribution is 7.72. The fourth-order valence-corrected chi connectivity index (χ4v) is 10.0. The molecule has 0 atom stereocenters. The van der Waals surface area contributed by atoms with Gasteiger partial charge in [0.25, 0.3) is 0 Å². The summed E-state index contributed by atoms with van der Waals surface area (Å²) in [6.45, 7) is 0. The predicted octanol–water partition coefficient (Wildman–Crippen LogP) is 4.64. The molecule has 2 saturated heterocycles. The van der Waals surface area contributed by atoms with E-state index < -0.39 is 0 Å². The van der Waals surface area contributed by atoms with Gasteiger partial charge < -0.3 is 0 Å². The van der Waals surface area contributed by atoms with Gasteiger partial charge in [0.2, 0.25) is 0 Å². The number of hydrogen-bond acceptors (Lipinski definition) is 0. The number of benzene rings is 2. The highest BCUT2D eigenvalue weighted by Gasteiger charge is 2.26. The van der Waals surface area contributed by atoms with Crippen molar-refractivity contribution in [1.29, 1.82) is 0 Å². The van der Waals surface area contributed by atoms with E-state index in [0.29, 0.717) is 0 Å². The zero-order valence-electron chi connectivity index (χ0n) is 12.0. The highest BCUT2D eigenvalue weighted by Crippen LogP contribution is 2.48. The zero-order chi connectivity index (χ0) is 13.4. The Morgan fingerprint density at radius 1 is 0.650 bits per heavy atom.